The molecule has 0 saturated carbocycles. The van der Waals surface area contributed by atoms with Gasteiger partial charge in [-0.3, -0.25) is 0 Å². The Morgan fingerprint density at radius 3 is 2.65 bits per heavy atom. The molecule has 0 unspecified atom stereocenters. The molecule has 0 spiro atoms. The minimum Gasteiger partial charge on any atom is -0.497 e. The van der Waals surface area contributed by atoms with Gasteiger partial charge in [0.2, 0.25) is 0 Å². The predicted octanol–water partition coefficient (Wildman–Crippen LogP) is 5.43. The molecule has 1 fully saturated rings. The van der Waals surface area contributed by atoms with Crippen molar-refractivity contribution in [2.24, 2.45) is 4.99 Å². The summed E-state index contributed by atoms with van der Waals surface area (Å²) in [7, 11) is 1.66. The van der Waals surface area contributed by atoms with E-state index in [1.165, 1.54) is 0 Å². The fourth-order valence-electron chi connectivity index (χ4n) is 4.29. The maximum Gasteiger partial charge on any atom is 0.321 e. The van der Waals surface area contributed by atoms with Gasteiger partial charge in [0.05, 0.1) is 12.7 Å². The van der Waals surface area contributed by atoms with Crippen LogP contribution in [0.15, 0.2) is 71.7 Å². The predicted molar refractivity (Wildman–Crippen MR) is 134 cm³/mol. The first-order chi connectivity index (χ1) is 16.6. The lowest BCUT2D eigenvalue weighted by Crippen LogP contribution is -2.39. The molecular formula is C27H28N4O3. The summed E-state index contributed by atoms with van der Waals surface area (Å²) < 4.78 is 11.8. The van der Waals surface area contributed by atoms with E-state index in [1.54, 1.807) is 7.11 Å². The molecule has 7 heteroatoms. The second-order valence-corrected chi connectivity index (χ2v) is 8.49. The van der Waals surface area contributed by atoms with Crippen LogP contribution in [0.3, 0.4) is 0 Å². The molecule has 2 aliphatic heterocycles. The molecule has 1 saturated heterocycles. The number of methoxy groups -OCH3 is 1. The van der Waals surface area contributed by atoms with Crippen molar-refractivity contribution in [3.63, 3.8) is 0 Å². The molecule has 2 amide bonds. The quantitative estimate of drug-likeness (QED) is 0.559. The molecular weight excluding hydrogens is 428 g/mol. The number of fused-ring (bicyclic) bond motifs is 2. The van der Waals surface area contributed by atoms with E-state index in [4.69, 9.17) is 14.5 Å². The number of carbonyl (C=O) groups excluding carboxylic acids is 1. The van der Waals surface area contributed by atoms with Gasteiger partial charge in [-0.15, -0.1) is 0 Å². The number of anilines is 1. The SMILES string of the molecule is COc1ccc2c(c1)C(N1CCCN(C(=O)Nc3ccccc3)CC1)=Nc1ccc(C)cc1O2. The Bertz CT molecular complexity index is 1230. The van der Waals surface area contributed by atoms with Gasteiger partial charge in [0.1, 0.15) is 23.0 Å². The zero-order valence-electron chi connectivity index (χ0n) is 19.5. The van der Waals surface area contributed by atoms with Crippen molar-refractivity contribution in [2.45, 2.75) is 13.3 Å². The maximum absolute atomic E-state index is 12.9. The van der Waals surface area contributed by atoms with E-state index in [-0.39, 0.29) is 6.03 Å². The molecule has 3 aromatic carbocycles. The summed E-state index contributed by atoms with van der Waals surface area (Å²) >= 11 is 0. The van der Waals surface area contributed by atoms with E-state index < -0.39 is 0 Å². The first-order valence-electron chi connectivity index (χ1n) is 11.5. The highest BCUT2D eigenvalue weighted by atomic mass is 16.5. The van der Waals surface area contributed by atoms with Gasteiger partial charge in [-0.2, -0.15) is 0 Å². The second-order valence-electron chi connectivity index (χ2n) is 8.49. The molecule has 1 N–H and O–H groups in total. The number of nitrogens with zero attached hydrogens (tertiary/aromatic N) is 3. The van der Waals surface area contributed by atoms with Crippen LogP contribution in [0.5, 0.6) is 17.2 Å². The molecule has 5 rings (SSSR count). The van der Waals surface area contributed by atoms with Crippen LogP contribution < -0.4 is 14.8 Å². The summed E-state index contributed by atoms with van der Waals surface area (Å²) in [6.07, 6.45) is 0.835. The number of rotatable bonds is 2. The van der Waals surface area contributed by atoms with Gasteiger partial charge in [-0.05, 0) is 61.4 Å². The third-order valence-corrected chi connectivity index (χ3v) is 6.10. The van der Waals surface area contributed by atoms with Crippen molar-refractivity contribution >= 4 is 23.2 Å². The highest BCUT2D eigenvalue weighted by molar-refractivity contribution is 6.04. The first kappa shape index (κ1) is 21.8. The van der Waals surface area contributed by atoms with Crippen LogP contribution in [-0.2, 0) is 0 Å². The third-order valence-electron chi connectivity index (χ3n) is 6.10. The standard InChI is InChI=1S/C27H28N4O3/c1-19-9-11-23-25(17-19)34-24-12-10-21(33-2)18-22(24)26(29-23)30-13-6-14-31(16-15-30)27(32)28-20-7-4-3-5-8-20/h3-5,7-12,17-18H,6,13-16H2,1-2H3,(H,28,32). The van der Waals surface area contributed by atoms with E-state index in [0.717, 1.165) is 58.6 Å². The lowest BCUT2D eigenvalue weighted by molar-refractivity contribution is 0.214. The summed E-state index contributed by atoms with van der Waals surface area (Å²) in [5.41, 5.74) is 3.59. The van der Waals surface area contributed by atoms with Crippen LogP contribution in [0.25, 0.3) is 0 Å². The third kappa shape index (κ3) is 4.55. The van der Waals surface area contributed by atoms with Crippen LogP contribution in [-0.4, -0.2) is 55.0 Å². The Morgan fingerprint density at radius 1 is 0.971 bits per heavy atom. The van der Waals surface area contributed by atoms with Gasteiger partial charge in [0.15, 0.2) is 5.75 Å². The van der Waals surface area contributed by atoms with Crippen LogP contribution in [0, 0.1) is 6.92 Å². The van der Waals surface area contributed by atoms with E-state index in [0.29, 0.717) is 19.6 Å². The van der Waals surface area contributed by atoms with Gasteiger partial charge < -0.3 is 24.6 Å². The van der Waals surface area contributed by atoms with Crippen molar-refractivity contribution in [2.75, 3.05) is 38.6 Å². The van der Waals surface area contributed by atoms with E-state index in [2.05, 4.69) is 10.2 Å². The van der Waals surface area contributed by atoms with Crippen molar-refractivity contribution < 1.29 is 14.3 Å². The molecule has 0 radical (unpaired) electrons. The fourth-order valence-corrected chi connectivity index (χ4v) is 4.29. The number of aryl methyl sites for hydroxylation is 1. The molecule has 0 aliphatic carbocycles. The Balaban J connectivity index is 1.42. The highest BCUT2D eigenvalue weighted by Gasteiger charge is 2.26. The number of amidine groups is 1. The minimum atomic E-state index is -0.0814. The number of ether oxygens (including phenoxy) is 2. The average Bonchev–Trinajstić information content (AvgIpc) is 3.19. The number of urea groups is 1. The topological polar surface area (TPSA) is 66.4 Å². The van der Waals surface area contributed by atoms with Gasteiger partial charge in [0.25, 0.3) is 0 Å². The number of benzene rings is 3. The molecule has 2 aliphatic rings. The van der Waals surface area contributed by atoms with E-state index >= 15 is 0 Å². The van der Waals surface area contributed by atoms with Gasteiger partial charge in [-0.1, -0.05) is 24.3 Å². The zero-order valence-corrected chi connectivity index (χ0v) is 19.5. The molecule has 3 aromatic rings. The Hall–Kier alpha value is -4.00. The number of hydrogen-bond acceptors (Lipinski definition) is 5. The molecule has 7 nitrogen and oxygen atoms in total. The van der Waals surface area contributed by atoms with Crippen LogP contribution in [0.4, 0.5) is 16.2 Å². The average molecular weight is 457 g/mol. The second kappa shape index (κ2) is 9.47. The molecule has 174 valence electrons. The first-order valence-corrected chi connectivity index (χ1v) is 11.5. The Kier molecular flexibility index (Phi) is 6.08. The van der Waals surface area contributed by atoms with Crippen molar-refractivity contribution in [3.8, 4) is 17.2 Å². The minimum absolute atomic E-state index is 0.0814. The van der Waals surface area contributed by atoms with Crippen LogP contribution in [0.1, 0.15) is 17.5 Å². The summed E-state index contributed by atoms with van der Waals surface area (Å²) in [5, 5.41) is 2.99. The number of nitrogens with one attached hydrogen (secondary N) is 1. The smallest absolute Gasteiger partial charge is 0.321 e. The van der Waals surface area contributed by atoms with Crippen molar-refractivity contribution in [1.82, 2.24) is 9.80 Å². The monoisotopic (exact) mass is 456 g/mol. The summed E-state index contributed by atoms with van der Waals surface area (Å²) in [4.78, 5) is 22.0. The number of hydrogen-bond donors (Lipinski definition) is 1. The molecule has 0 atom stereocenters. The molecule has 0 aromatic heterocycles. The Morgan fingerprint density at radius 2 is 1.82 bits per heavy atom. The summed E-state index contributed by atoms with van der Waals surface area (Å²) in [6, 6.07) is 21.3. The van der Waals surface area contributed by atoms with Gasteiger partial charge in [-0.25, -0.2) is 9.79 Å². The highest BCUT2D eigenvalue weighted by Crippen LogP contribution is 2.40. The lowest BCUT2D eigenvalue weighted by atomic mass is 10.1. The molecule has 2 heterocycles. The van der Waals surface area contributed by atoms with Crippen LogP contribution in [0.2, 0.25) is 0 Å². The van der Waals surface area contributed by atoms with Gasteiger partial charge >= 0.3 is 6.03 Å². The van der Waals surface area contributed by atoms with Crippen molar-refractivity contribution in [1.29, 1.82) is 0 Å². The lowest BCUT2D eigenvalue weighted by Gasteiger charge is -2.25. The van der Waals surface area contributed by atoms with Crippen molar-refractivity contribution in [3.05, 3.63) is 77.9 Å². The summed E-state index contributed by atoms with van der Waals surface area (Å²) in [6.45, 7) is 4.76. The largest absolute Gasteiger partial charge is 0.497 e. The number of para-hydroxylation sites is 1. The van der Waals surface area contributed by atoms with Crippen LogP contribution >= 0.6 is 0 Å². The fraction of sp³-hybridized carbons (Fsp3) is 0.259. The number of carbonyl (C=O) groups is 1. The molecule has 0 bridgehead atoms. The van der Waals surface area contributed by atoms with E-state index in [1.807, 2.05) is 78.6 Å². The zero-order chi connectivity index (χ0) is 23.5. The Labute approximate surface area is 199 Å². The summed E-state index contributed by atoms with van der Waals surface area (Å²) in [5.74, 6) is 3.06. The maximum atomic E-state index is 12.9. The van der Waals surface area contributed by atoms with E-state index in [9.17, 15) is 4.79 Å². The molecule has 34 heavy (non-hydrogen) atoms. The number of aliphatic imine (C=N–C) groups is 1. The van der Waals surface area contributed by atoms with Gasteiger partial charge in [0, 0.05) is 31.9 Å². The number of amides is 2. The normalized spacial score (nSPS) is 15.2.